The topological polar surface area (TPSA) is 97.8 Å². The lowest BCUT2D eigenvalue weighted by Crippen LogP contribution is -2.29. The molecule has 9 nitrogen and oxygen atoms in total. The van der Waals surface area contributed by atoms with Crippen molar-refractivity contribution >= 4 is 57.7 Å². The molecule has 0 atom stereocenters. The summed E-state index contributed by atoms with van der Waals surface area (Å²) in [6, 6.07) is 6.41. The number of benzene rings is 2. The maximum absolute atomic E-state index is 14.2. The molecule has 4 N–H and O–H groups in total. The molecule has 0 fully saturated rings. The number of nitrogens with zero attached hydrogens (tertiary/aromatic N) is 4. The molecule has 3 rings (SSSR count). The summed E-state index contributed by atoms with van der Waals surface area (Å²) >= 11 is 12.4. The van der Waals surface area contributed by atoms with Crippen molar-refractivity contribution < 1.29 is 14.2 Å². The van der Waals surface area contributed by atoms with Gasteiger partial charge in [-0.1, -0.05) is 29.3 Å². The average molecular weight is 593 g/mol. The van der Waals surface area contributed by atoms with Gasteiger partial charge in [-0.05, 0) is 46.1 Å². The van der Waals surface area contributed by atoms with Crippen LogP contribution in [0.1, 0.15) is 19.4 Å². The van der Waals surface area contributed by atoms with Gasteiger partial charge in [0, 0.05) is 44.0 Å². The Labute approximate surface area is 245 Å². The average Bonchev–Trinajstić information content (AvgIpc) is 2.89. The zero-order valence-electron chi connectivity index (χ0n) is 23.6. The Bertz CT molecular complexity index is 1350. The lowest BCUT2D eigenvalue weighted by molar-refractivity contribution is 0.0790. The van der Waals surface area contributed by atoms with E-state index >= 15 is 0 Å². The van der Waals surface area contributed by atoms with E-state index < -0.39 is 11.4 Å². The summed E-state index contributed by atoms with van der Waals surface area (Å²) < 4.78 is 19.9. The van der Waals surface area contributed by atoms with Crippen LogP contribution in [-0.4, -0.2) is 67.9 Å². The van der Waals surface area contributed by atoms with Crippen molar-refractivity contribution in [2.24, 2.45) is 0 Å². The van der Waals surface area contributed by atoms with E-state index in [1.54, 1.807) is 27.0 Å². The van der Waals surface area contributed by atoms with Crippen LogP contribution >= 0.6 is 23.2 Å². The zero-order chi connectivity index (χ0) is 29.6. The third-order valence-electron chi connectivity index (χ3n) is 6.01. The van der Waals surface area contributed by atoms with Crippen LogP contribution in [0.2, 0.25) is 10.0 Å². The molecule has 0 aliphatic heterocycles. The third-order valence-corrected chi connectivity index (χ3v) is 6.58. The molecule has 1 aromatic heterocycles. The second-order valence-corrected chi connectivity index (χ2v) is 10.8. The van der Waals surface area contributed by atoms with Crippen molar-refractivity contribution in [2.45, 2.75) is 19.4 Å². The van der Waals surface area contributed by atoms with Crippen molar-refractivity contribution in [3.8, 4) is 5.75 Å². The molecule has 0 spiro atoms. The van der Waals surface area contributed by atoms with Gasteiger partial charge in [0.25, 0.3) is 0 Å². The maximum Gasteiger partial charge on any atom is 0.229 e. The Morgan fingerprint density at radius 1 is 1.05 bits per heavy atom. The molecule has 0 saturated carbocycles. The van der Waals surface area contributed by atoms with Crippen LogP contribution in [0.5, 0.6) is 5.75 Å². The molecular weight excluding hydrogens is 556 g/mol. The molecule has 216 valence electrons. The number of rotatable bonds is 13. The van der Waals surface area contributed by atoms with E-state index in [9.17, 15) is 9.50 Å². The highest BCUT2D eigenvalue weighted by atomic mass is 35.5. The van der Waals surface area contributed by atoms with Crippen LogP contribution in [0, 0.1) is 5.82 Å². The number of aromatic nitrogens is 2. The van der Waals surface area contributed by atoms with Gasteiger partial charge in [0.15, 0.2) is 5.82 Å². The molecule has 0 radical (unpaired) electrons. The number of anilines is 6. The fraction of sp³-hybridized carbons (Fsp3) is 0.357. The van der Waals surface area contributed by atoms with Gasteiger partial charge in [-0.15, -0.1) is 6.58 Å². The van der Waals surface area contributed by atoms with E-state index in [1.807, 2.05) is 33.3 Å². The predicted molar refractivity (Wildman–Crippen MR) is 164 cm³/mol. The van der Waals surface area contributed by atoms with Crippen molar-refractivity contribution in [3.05, 3.63) is 64.5 Å². The molecule has 0 bridgehead atoms. The highest BCUT2D eigenvalue weighted by Crippen LogP contribution is 2.39. The standard InChI is InChI=1S/C28H36Cl2FN7O2/c1-8-9-32-22-14-23(25(40-7)15-24(22)38(6)11-10-37(4)5)35-27-33-16-19(30)26(36-27)34-21-13-18(29)20(31)12-17(21)28(2,3)39/h8,12-16,32,39H,1,9-11H2,2-7H3,(H2,33,34,35,36). The summed E-state index contributed by atoms with van der Waals surface area (Å²) in [5.41, 5.74) is 1.72. The minimum Gasteiger partial charge on any atom is -0.494 e. The largest absolute Gasteiger partial charge is 0.494 e. The SMILES string of the molecule is C=CCNc1cc(Nc2ncc(Cl)c(Nc3cc(Cl)c(F)cc3C(C)(C)O)n2)c(OC)cc1N(C)CCN(C)C. The molecule has 0 aliphatic carbocycles. The number of aliphatic hydroxyl groups is 1. The highest BCUT2D eigenvalue weighted by Gasteiger charge is 2.23. The Morgan fingerprint density at radius 3 is 2.40 bits per heavy atom. The summed E-state index contributed by atoms with van der Waals surface area (Å²) in [5, 5.41) is 20.3. The second kappa shape index (κ2) is 13.4. The smallest absolute Gasteiger partial charge is 0.229 e. The summed E-state index contributed by atoms with van der Waals surface area (Å²) in [5.74, 6) is 0.394. The van der Waals surface area contributed by atoms with Crippen LogP contribution in [0.15, 0.2) is 43.1 Å². The van der Waals surface area contributed by atoms with Crippen molar-refractivity contribution in [1.29, 1.82) is 0 Å². The number of hydrogen-bond acceptors (Lipinski definition) is 9. The van der Waals surface area contributed by atoms with Crippen LogP contribution in [0.3, 0.4) is 0 Å². The lowest BCUT2D eigenvalue weighted by Gasteiger charge is -2.26. The first kappa shape index (κ1) is 31.2. The number of hydrogen-bond donors (Lipinski definition) is 4. The van der Waals surface area contributed by atoms with Crippen LogP contribution < -0.4 is 25.6 Å². The first-order chi connectivity index (χ1) is 18.8. The Kier molecular flexibility index (Phi) is 10.4. The molecule has 12 heteroatoms. The Balaban J connectivity index is 1.98. The number of nitrogens with one attached hydrogen (secondary N) is 3. The lowest BCUT2D eigenvalue weighted by atomic mass is 9.96. The van der Waals surface area contributed by atoms with E-state index in [4.69, 9.17) is 27.9 Å². The van der Waals surface area contributed by atoms with Crippen molar-refractivity contribution in [3.63, 3.8) is 0 Å². The number of likely N-dealkylation sites (N-methyl/N-ethyl adjacent to an activating group) is 2. The fourth-order valence-corrected chi connectivity index (χ4v) is 4.17. The van der Waals surface area contributed by atoms with Crippen molar-refractivity contribution in [2.75, 3.05) is 68.7 Å². The van der Waals surface area contributed by atoms with Gasteiger partial charge in [-0.25, -0.2) is 9.37 Å². The van der Waals surface area contributed by atoms with Crippen LogP contribution in [0.4, 0.5) is 38.9 Å². The summed E-state index contributed by atoms with van der Waals surface area (Å²) in [7, 11) is 7.68. The molecule has 40 heavy (non-hydrogen) atoms. The molecule has 0 unspecified atom stereocenters. The molecular formula is C28H36Cl2FN7O2. The molecule has 0 saturated heterocycles. The van der Waals surface area contributed by atoms with Gasteiger partial charge in [0.1, 0.15) is 16.6 Å². The van der Waals surface area contributed by atoms with E-state index in [-0.39, 0.29) is 27.4 Å². The van der Waals surface area contributed by atoms with E-state index in [2.05, 4.69) is 42.3 Å². The van der Waals surface area contributed by atoms with Crippen molar-refractivity contribution in [1.82, 2.24) is 14.9 Å². The van der Waals surface area contributed by atoms with E-state index in [0.29, 0.717) is 23.7 Å². The zero-order valence-corrected chi connectivity index (χ0v) is 25.1. The van der Waals surface area contributed by atoms with Crippen LogP contribution in [-0.2, 0) is 5.60 Å². The van der Waals surface area contributed by atoms with Gasteiger partial charge < -0.3 is 35.6 Å². The van der Waals surface area contributed by atoms with Gasteiger partial charge in [-0.2, -0.15) is 4.98 Å². The summed E-state index contributed by atoms with van der Waals surface area (Å²) in [4.78, 5) is 13.1. The van der Waals surface area contributed by atoms with Gasteiger partial charge >= 0.3 is 0 Å². The van der Waals surface area contributed by atoms with Gasteiger partial charge in [-0.3, -0.25) is 0 Å². The molecule has 2 aromatic carbocycles. The highest BCUT2D eigenvalue weighted by molar-refractivity contribution is 6.33. The third kappa shape index (κ3) is 7.88. The maximum atomic E-state index is 14.2. The van der Waals surface area contributed by atoms with Crippen LogP contribution in [0.25, 0.3) is 0 Å². The second-order valence-electron chi connectivity index (χ2n) is 9.98. The summed E-state index contributed by atoms with van der Waals surface area (Å²) in [6.45, 7) is 9.15. The summed E-state index contributed by atoms with van der Waals surface area (Å²) in [6.07, 6.45) is 3.21. The quantitative estimate of drug-likeness (QED) is 0.172. The molecule has 1 heterocycles. The normalized spacial score (nSPS) is 11.4. The first-order valence-corrected chi connectivity index (χ1v) is 13.3. The minimum atomic E-state index is -1.36. The Morgan fingerprint density at radius 2 is 1.77 bits per heavy atom. The van der Waals surface area contributed by atoms with Gasteiger partial charge in [0.05, 0.1) is 41.0 Å². The number of methoxy groups -OCH3 is 1. The predicted octanol–water partition coefficient (Wildman–Crippen LogP) is 6.24. The van der Waals surface area contributed by atoms with E-state index in [0.717, 1.165) is 24.5 Å². The molecule has 3 aromatic rings. The Hall–Kier alpha value is -3.31. The fourth-order valence-electron chi connectivity index (χ4n) is 3.87. The monoisotopic (exact) mass is 591 g/mol. The van der Waals surface area contributed by atoms with E-state index in [1.165, 1.54) is 18.3 Å². The first-order valence-electron chi connectivity index (χ1n) is 12.5. The minimum absolute atomic E-state index is 0.112. The van der Waals surface area contributed by atoms with Gasteiger partial charge in [0.2, 0.25) is 5.95 Å². The molecule has 0 aliphatic rings. The number of halogens is 3. The molecule has 0 amide bonds. The number of ether oxygens (including phenoxy) is 1.